The van der Waals surface area contributed by atoms with Crippen LogP contribution in [0.25, 0.3) is 20.5 Å². The van der Waals surface area contributed by atoms with Gasteiger partial charge in [-0.1, -0.05) is 53.9 Å². The fourth-order valence-electron chi connectivity index (χ4n) is 2.97. The number of ketones is 1. The highest BCUT2D eigenvalue weighted by molar-refractivity contribution is 9.08. The first-order valence-corrected chi connectivity index (χ1v) is 10.5. The third-order valence-corrected chi connectivity index (χ3v) is 6.17. The SMILES string of the molecule is CCCCCC(=O)c1c(-c2ccc(F)cc2)sc2ccc(CBr)cc12. The normalized spacial score (nSPS) is 11.2. The first-order valence-electron chi connectivity index (χ1n) is 8.54. The van der Waals surface area contributed by atoms with E-state index in [0.717, 1.165) is 56.2 Å². The number of carbonyl (C=O) groups excluding carboxylic acids is 1. The predicted octanol–water partition coefficient (Wildman–Crippen LogP) is 7.37. The van der Waals surface area contributed by atoms with E-state index in [-0.39, 0.29) is 11.6 Å². The van der Waals surface area contributed by atoms with Crippen LogP contribution in [0.5, 0.6) is 0 Å². The van der Waals surface area contributed by atoms with Gasteiger partial charge in [0.25, 0.3) is 0 Å². The van der Waals surface area contributed by atoms with Crippen molar-refractivity contribution in [2.75, 3.05) is 0 Å². The third-order valence-electron chi connectivity index (χ3n) is 4.30. The first-order chi connectivity index (χ1) is 12.1. The van der Waals surface area contributed by atoms with Crippen LogP contribution in [-0.4, -0.2) is 5.78 Å². The fourth-order valence-corrected chi connectivity index (χ4v) is 4.53. The summed E-state index contributed by atoms with van der Waals surface area (Å²) in [6.45, 7) is 2.14. The maximum absolute atomic E-state index is 13.3. The van der Waals surface area contributed by atoms with Gasteiger partial charge in [-0.15, -0.1) is 11.3 Å². The highest BCUT2D eigenvalue weighted by Crippen LogP contribution is 2.40. The molecule has 2 aromatic carbocycles. The summed E-state index contributed by atoms with van der Waals surface area (Å²) in [5.41, 5.74) is 2.85. The van der Waals surface area contributed by atoms with E-state index in [0.29, 0.717) is 6.42 Å². The van der Waals surface area contributed by atoms with E-state index in [1.54, 1.807) is 23.5 Å². The molecule has 0 aliphatic heterocycles. The van der Waals surface area contributed by atoms with Crippen LogP contribution in [0.3, 0.4) is 0 Å². The molecular formula is C21H20BrFOS. The molecule has 0 N–H and O–H groups in total. The van der Waals surface area contributed by atoms with E-state index in [4.69, 9.17) is 0 Å². The molecule has 1 nitrogen and oxygen atoms in total. The van der Waals surface area contributed by atoms with Crippen LogP contribution < -0.4 is 0 Å². The number of rotatable bonds is 7. The number of unbranched alkanes of at least 4 members (excludes halogenated alkanes) is 2. The topological polar surface area (TPSA) is 17.1 Å². The Morgan fingerprint density at radius 1 is 1.12 bits per heavy atom. The maximum Gasteiger partial charge on any atom is 0.164 e. The van der Waals surface area contributed by atoms with Crippen LogP contribution >= 0.6 is 27.3 Å². The molecule has 0 radical (unpaired) electrons. The Labute approximate surface area is 160 Å². The highest BCUT2D eigenvalue weighted by Gasteiger charge is 2.20. The van der Waals surface area contributed by atoms with E-state index in [9.17, 15) is 9.18 Å². The second kappa shape index (κ2) is 8.24. The Bertz CT molecular complexity index is 883. The van der Waals surface area contributed by atoms with Gasteiger partial charge in [0.05, 0.1) is 0 Å². The van der Waals surface area contributed by atoms with Crippen molar-refractivity contribution in [3.05, 3.63) is 59.4 Å². The Balaban J connectivity index is 2.12. The summed E-state index contributed by atoms with van der Waals surface area (Å²) in [5.74, 6) is -0.0759. The molecule has 0 aliphatic rings. The number of fused-ring (bicyclic) bond motifs is 1. The molecule has 0 amide bonds. The lowest BCUT2D eigenvalue weighted by Crippen LogP contribution is -2.00. The average molecular weight is 419 g/mol. The largest absolute Gasteiger partial charge is 0.294 e. The second-order valence-electron chi connectivity index (χ2n) is 6.16. The summed E-state index contributed by atoms with van der Waals surface area (Å²) in [5, 5.41) is 1.77. The van der Waals surface area contributed by atoms with E-state index in [2.05, 4.69) is 41.1 Å². The molecule has 0 saturated carbocycles. The van der Waals surface area contributed by atoms with Gasteiger partial charge < -0.3 is 0 Å². The Kier molecular flexibility index (Phi) is 6.02. The van der Waals surface area contributed by atoms with Crippen LogP contribution in [0.4, 0.5) is 4.39 Å². The van der Waals surface area contributed by atoms with Gasteiger partial charge in [-0.25, -0.2) is 4.39 Å². The minimum absolute atomic E-state index is 0.186. The molecule has 3 aromatic rings. The fraction of sp³-hybridized carbons (Fsp3) is 0.286. The van der Waals surface area contributed by atoms with Gasteiger partial charge >= 0.3 is 0 Å². The highest BCUT2D eigenvalue weighted by atomic mass is 79.9. The number of Topliss-reactive ketones (excluding diaryl/α,β-unsaturated/α-hetero) is 1. The summed E-state index contributed by atoms with van der Waals surface area (Å²) in [6.07, 6.45) is 3.63. The molecule has 3 rings (SSSR count). The summed E-state index contributed by atoms with van der Waals surface area (Å²) in [7, 11) is 0. The molecule has 0 spiro atoms. The molecular weight excluding hydrogens is 399 g/mol. The summed E-state index contributed by atoms with van der Waals surface area (Å²) in [6, 6.07) is 12.7. The van der Waals surface area contributed by atoms with Crippen LogP contribution in [0.1, 0.15) is 48.5 Å². The molecule has 0 aliphatic carbocycles. The Hall–Kier alpha value is -1.52. The predicted molar refractivity (Wildman–Crippen MR) is 108 cm³/mol. The molecule has 0 fully saturated rings. The van der Waals surface area contributed by atoms with Crippen molar-refractivity contribution in [2.45, 2.75) is 37.9 Å². The minimum atomic E-state index is -0.262. The van der Waals surface area contributed by atoms with Gasteiger partial charge in [-0.3, -0.25) is 4.79 Å². The number of alkyl halides is 1. The average Bonchev–Trinajstić information content (AvgIpc) is 3.01. The lowest BCUT2D eigenvalue weighted by atomic mass is 9.98. The Morgan fingerprint density at radius 3 is 2.56 bits per heavy atom. The lowest BCUT2D eigenvalue weighted by molar-refractivity contribution is 0.0982. The van der Waals surface area contributed by atoms with Crippen LogP contribution in [-0.2, 0) is 5.33 Å². The third kappa shape index (κ3) is 4.01. The summed E-state index contributed by atoms with van der Waals surface area (Å²) >= 11 is 5.10. The number of halogens is 2. The lowest BCUT2D eigenvalue weighted by Gasteiger charge is -2.05. The standard InChI is InChI=1S/C21H20BrFOS/c1-2-3-4-5-18(24)20-17-12-14(13-22)6-11-19(17)25-21(20)15-7-9-16(23)10-8-15/h6-12H,2-5,13H2,1H3. The number of benzene rings is 2. The molecule has 0 bridgehead atoms. The summed E-state index contributed by atoms with van der Waals surface area (Å²) in [4.78, 5) is 13.9. The van der Waals surface area contributed by atoms with Crippen molar-refractivity contribution in [3.63, 3.8) is 0 Å². The van der Waals surface area contributed by atoms with Crippen molar-refractivity contribution < 1.29 is 9.18 Å². The van der Waals surface area contributed by atoms with E-state index >= 15 is 0 Å². The molecule has 0 saturated heterocycles. The van der Waals surface area contributed by atoms with Gasteiger partial charge in [0, 0.05) is 32.3 Å². The molecule has 0 atom stereocenters. The van der Waals surface area contributed by atoms with Crippen LogP contribution in [0, 0.1) is 5.82 Å². The number of thiophene rings is 1. The van der Waals surface area contributed by atoms with Crippen molar-refractivity contribution in [3.8, 4) is 10.4 Å². The molecule has 0 unspecified atom stereocenters. The van der Waals surface area contributed by atoms with E-state index < -0.39 is 0 Å². The minimum Gasteiger partial charge on any atom is -0.294 e. The van der Waals surface area contributed by atoms with Gasteiger partial charge in [-0.2, -0.15) is 0 Å². The molecule has 130 valence electrons. The van der Waals surface area contributed by atoms with Crippen LogP contribution in [0.15, 0.2) is 42.5 Å². The maximum atomic E-state index is 13.3. The van der Waals surface area contributed by atoms with Gasteiger partial charge in [0.1, 0.15) is 5.82 Å². The van der Waals surface area contributed by atoms with Gasteiger partial charge in [-0.05, 0) is 41.8 Å². The molecule has 25 heavy (non-hydrogen) atoms. The van der Waals surface area contributed by atoms with Crippen LogP contribution in [0.2, 0.25) is 0 Å². The van der Waals surface area contributed by atoms with Gasteiger partial charge in [0.2, 0.25) is 0 Å². The van der Waals surface area contributed by atoms with E-state index in [1.165, 1.54) is 12.1 Å². The number of hydrogen-bond acceptors (Lipinski definition) is 2. The second-order valence-corrected chi connectivity index (χ2v) is 7.77. The molecule has 4 heteroatoms. The monoisotopic (exact) mass is 418 g/mol. The first kappa shape index (κ1) is 18.3. The van der Waals surface area contributed by atoms with Crippen molar-refractivity contribution in [1.82, 2.24) is 0 Å². The molecule has 1 heterocycles. The zero-order valence-corrected chi connectivity index (χ0v) is 16.6. The quantitative estimate of drug-likeness (QED) is 0.222. The van der Waals surface area contributed by atoms with Gasteiger partial charge in [0.15, 0.2) is 5.78 Å². The Morgan fingerprint density at radius 2 is 1.88 bits per heavy atom. The number of hydrogen-bond donors (Lipinski definition) is 0. The molecule has 1 aromatic heterocycles. The van der Waals surface area contributed by atoms with E-state index in [1.807, 2.05) is 0 Å². The zero-order chi connectivity index (χ0) is 17.8. The van der Waals surface area contributed by atoms with Crippen molar-refractivity contribution in [1.29, 1.82) is 0 Å². The smallest absolute Gasteiger partial charge is 0.164 e. The number of carbonyl (C=O) groups is 1. The zero-order valence-electron chi connectivity index (χ0n) is 14.1. The van der Waals surface area contributed by atoms with Crippen molar-refractivity contribution >= 4 is 43.1 Å². The van der Waals surface area contributed by atoms with Crippen molar-refractivity contribution in [2.24, 2.45) is 0 Å². The summed E-state index contributed by atoms with van der Waals surface area (Å²) < 4.78 is 14.4.